The van der Waals surface area contributed by atoms with Crippen LogP contribution in [0.25, 0.3) is 0 Å². The highest BCUT2D eigenvalue weighted by Gasteiger charge is 2.22. The summed E-state index contributed by atoms with van der Waals surface area (Å²) in [6.07, 6.45) is 0.842. The monoisotopic (exact) mass is 300 g/mol. The molecule has 1 N–H and O–H groups in total. The molecule has 1 aliphatic heterocycles. The third kappa shape index (κ3) is 3.45. The lowest BCUT2D eigenvalue weighted by atomic mass is 10.1. The van der Waals surface area contributed by atoms with Gasteiger partial charge in [0.2, 0.25) is 10.0 Å². The predicted molar refractivity (Wildman–Crippen MR) is 70.3 cm³/mol. The van der Waals surface area contributed by atoms with Gasteiger partial charge in [0.15, 0.2) is 0 Å². The Morgan fingerprint density at radius 2 is 2.32 bits per heavy atom. The van der Waals surface area contributed by atoms with E-state index in [0.717, 1.165) is 6.42 Å². The van der Waals surface area contributed by atoms with Gasteiger partial charge in [-0.05, 0) is 30.5 Å². The number of nitriles is 1. The third-order valence-electron chi connectivity index (χ3n) is 2.94. The van der Waals surface area contributed by atoms with Crippen molar-refractivity contribution < 1.29 is 13.2 Å². The van der Waals surface area contributed by atoms with E-state index in [1.165, 1.54) is 18.2 Å². The molecule has 5 nitrogen and oxygen atoms in total. The van der Waals surface area contributed by atoms with E-state index in [2.05, 4.69) is 4.72 Å². The Morgan fingerprint density at radius 3 is 2.95 bits per heavy atom. The minimum Gasteiger partial charge on any atom is -0.381 e. The Labute approximate surface area is 117 Å². The van der Waals surface area contributed by atoms with Crippen LogP contribution < -0.4 is 4.72 Å². The van der Waals surface area contributed by atoms with Gasteiger partial charge in [-0.2, -0.15) is 5.26 Å². The fourth-order valence-corrected chi connectivity index (χ4v) is 3.47. The quantitative estimate of drug-likeness (QED) is 0.914. The number of hydrogen-bond donors (Lipinski definition) is 1. The molecule has 1 aromatic carbocycles. The first-order valence-corrected chi connectivity index (χ1v) is 7.66. The number of sulfonamides is 1. The fraction of sp³-hybridized carbons (Fsp3) is 0.417. The topological polar surface area (TPSA) is 79.2 Å². The predicted octanol–water partition coefficient (Wildman–Crippen LogP) is 1.53. The van der Waals surface area contributed by atoms with Crippen LogP contribution in [0.3, 0.4) is 0 Å². The Morgan fingerprint density at radius 1 is 1.53 bits per heavy atom. The van der Waals surface area contributed by atoms with Crippen LogP contribution in [0.2, 0.25) is 5.02 Å². The zero-order chi connectivity index (χ0) is 13.9. The molecular formula is C12H13ClN2O3S. The average Bonchev–Trinajstić information content (AvgIpc) is 2.90. The molecule has 0 aliphatic carbocycles. The minimum absolute atomic E-state index is 0.0628. The Bertz CT molecular complexity index is 604. The van der Waals surface area contributed by atoms with Crippen LogP contribution in [0, 0.1) is 17.2 Å². The molecule has 0 spiro atoms. The van der Waals surface area contributed by atoms with E-state index >= 15 is 0 Å². The summed E-state index contributed by atoms with van der Waals surface area (Å²) < 4.78 is 32.0. The van der Waals surface area contributed by atoms with Crippen LogP contribution in [-0.2, 0) is 14.8 Å². The van der Waals surface area contributed by atoms with Gasteiger partial charge in [0.05, 0.1) is 23.3 Å². The van der Waals surface area contributed by atoms with Gasteiger partial charge in [-0.15, -0.1) is 0 Å². The molecule has 0 saturated carbocycles. The average molecular weight is 301 g/mol. The standard InChI is InChI=1S/C12H13ClN2O3S/c13-11-2-1-9(6-14)5-12(11)19(16,17)15-7-10-3-4-18-8-10/h1-2,5,10,15H,3-4,7-8H2. The number of nitrogens with one attached hydrogen (secondary N) is 1. The number of nitrogens with zero attached hydrogens (tertiary/aromatic N) is 1. The summed E-state index contributed by atoms with van der Waals surface area (Å²) in [6.45, 7) is 1.54. The molecule has 1 aromatic rings. The van der Waals surface area contributed by atoms with Gasteiger partial charge in [-0.25, -0.2) is 13.1 Å². The largest absolute Gasteiger partial charge is 0.381 e. The van der Waals surface area contributed by atoms with Gasteiger partial charge < -0.3 is 4.74 Å². The second-order valence-corrected chi connectivity index (χ2v) is 6.48. The molecule has 1 heterocycles. The zero-order valence-electron chi connectivity index (χ0n) is 10.1. The summed E-state index contributed by atoms with van der Waals surface area (Å²) in [6, 6.07) is 6.06. The van der Waals surface area contributed by atoms with Crippen molar-refractivity contribution in [1.82, 2.24) is 4.72 Å². The van der Waals surface area contributed by atoms with E-state index in [1.807, 2.05) is 6.07 Å². The van der Waals surface area contributed by atoms with E-state index in [-0.39, 0.29) is 21.4 Å². The lowest BCUT2D eigenvalue weighted by Crippen LogP contribution is -2.29. The van der Waals surface area contributed by atoms with Crippen molar-refractivity contribution in [2.24, 2.45) is 5.92 Å². The highest BCUT2D eigenvalue weighted by molar-refractivity contribution is 7.89. The van der Waals surface area contributed by atoms with E-state index in [4.69, 9.17) is 21.6 Å². The first-order chi connectivity index (χ1) is 9.03. The molecule has 0 radical (unpaired) electrons. The van der Waals surface area contributed by atoms with Crippen molar-refractivity contribution in [3.8, 4) is 6.07 Å². The van der Waals surface area contributed by atoms with Crippen molar-refractivity contribution >= 4 is 21.6 Å². The second-order valence-electron chi connectivity index (χ2n) is 4.34. The van der Waals surface area contributed by atoms with E-state index in [9.17, 15) is 8.42 Å². The Balaban J connectivity index is 2.16. The fourth-order valence-electron chi connectivity index (χ4n) is 1.83. The molecule has 7 heteroatoms. The number of halogens is 1. The molecule has 1 saturated heterocycles. The number of ether oxygens (including phenoxy) is 1. The van der Waals surface area contributed by atoms with Crippen molar-refractivity contribution in [3.05, 3.63) is 28.8 Å². The highest BCUT2D eigenvalue weighted by atomic mass is 35.5. The second kappa shape index (κ2) is 5.88. The van der Waals surface area contributed by atoms with Crippen LogP contribution in [0.1, 0.15) is 12.0 Å². The van der Waals surface area contributed by atoms with Crippen LogP contribution in [0.5, 0.6) is 0 Å². The van der Waals surface area contributed by atoms with Crippen LogP contribution >= 0.6 is 11.6 Å². The van der Waals surface area contributed by atoms with Gasteiger partial charge in [-0.1, -0.05) is 11.6 Å². The van der Waals surface area contributed by atoms with Gasteiger partial charge in [-0.3, -0.25) is 0 Å². The molecule has 0 aromatic heterocycles. The maximum atomic E-state index is 12.1. The summed E-state index contributed by atoms with van der Waals surface area (Å²) in [4.78, 5) is -0.0628. The Hall–Kier alpha value is -1.13. The minimum atomic E-state index is -3.70. The van der Waals surface area contributed by atoms with Gasteiger partial charge >= 0.3 is 0 Å². The molecule has 2 rings (SSSR count). The number of benzene rings is 1. The molecule has 1 fully saturated rings. The molecule has 1 aliphatic rings. The molecule has 0 amide bonds. The lowest BCUT2D eigenvalue weighted by molar-refractivity contribution is 0.186. The highest BCUT2D eigenvalue weighted by Crippen LogP contribution is 2.22. The third-order valence-corrected chi connectivity index (χ3v) is 4.84. The smallest absolute Gasteiger partial charge is 0.242 e. The van der Waals surface area contributed by atoms with Crippen molar-refractivity contribution in [3.63, 3.8) is 0 Å². The molecule has 0 bridgehead atoms. The molecule has 102 valence electrons. The normalized spacial score (nSPS) is 19.3. The van der Waals surface area contributed by atoms with E-state index in [1.54, 1.807) is 0 Å². The van der Waals surface area contributed by atoms with E-state index < -0.39 is 10.0 Å². The first kappa shape index (κ1) is 14.3. The zero-order valence-corrected chi connectivity index (χ0v) is 11.7. The van der Waals surface area contributed by atoms with Crippen LogP contribution in [0.15, 0.2) is 23.1 Å². The maximum Gasteiger partial charge on any atom is 0.242 e. The molecular weight excluding hydrogens is 288 g/mol. The molecule has 19 heavy (non-hydrogen) atoms. The summed E-state index contributed by atoms with van der Waals surface area (Å²) in [5, 5.41) is 8.90. The summed E-state index contributed by atoms with van der Waals surface area (Å²) in [5.74, 6) is 0.188. The molecule has 1 atom stereocenters. The maximum absolute atomic E-state index is 12.1. The van der Waals surface area contributed by atoms with Gasteiger partial charge in [0.25, 0.3) is 0 Å². The first-order valence-electron chi connectivity index (χ1n) is 5.80. The summed E-state index contributed by atoms with van der Waals surface area (Å²) in [7, 11) is -3.70. The number of hydrogen-bond acceptors (Lipinski definition) is 4. The van der Waals surface area contributed by atoms with Crippen molar-refractivity contribution in [1.29, 1.82) is 5.26 Å². The van der Waals surface area contributed by atoms with Crippen molar-refractivity contribution in [2.75, 3.05) is 19.8 Å². The van der Waals surface area contributed by atoms with E-state index in [0.29, 0.717) is 19.8 Å². The van der Waals surface area contributed by atoms with Crippen LogP contribution in [-0.4, -0.2) is 28.2 Å². The van der Waals surface area contributed by atoms with Crippen molar-refractivity contribution in [2.45, 2.75) is 11.3 Å². The summed E-state index contributed by atoms with van der Waals surface area (Å²) in [5.41, 5.74) is 0.258. The van der Waals surface area contributed by atoms with Crippen LogP contribution in [0.4, 0.5) is 0 Å². The SMILES string of the molecule is N#Cc1ccc(Cl)c(S(=O)(=O)NCC2CCOC2)c1. The van der Waals surface area contributed by atoms with Gasteiger partial charge in [0.1, 0.15) is 4.90 Å². The molecule has 1 unspecified atom stereocenters. The lowest BCUT2D eigenvalue weighted by Gasteiger charge is -2.11. The van der Waals surface area contributed by atoms with Gasteiger partial charge in [0, 0.05) is 13.2 Å². The summed E-state index contributed by atoms with van der Waals surface area (Å²) >= 11 is 5.88. The number of rotatable bonds is 4. The Kier molecular flexibility index (Phi) is 4.42.